The van der Waals surface area contributed by atoms with Crippen molar-refractivity contribution >= 4 is 5.78 Å². The lowest BCUT2D eigenvalue weighted by atomic mass is 9.84. The average molecular weight is 162 g/mol. The molecule has 2 aliphatic carbocycles. The Bertz CT molecular complexity index is 327. The summed E-state index contributed by atoms with van der Waals surface area (Å²) in [6, 6.07) is 0. The third kappa shape index (κ3) is 0.715. The van der Waals surface area contributed by atoms with E-state index in [9.17, 15) is 4.79 Å². The molecule has 2 aliphatic rings. The first kappa shape index (κ1) is 7.78. The smallest absolute Gasteiger partial charge is 0.169 e. The monoisotopic (exact) mass is 162 g/mol. The molecule has 0 saturated carbocycles. The SMILES string of the molecule is CC1(C)C=CC2=C(C1=O)C2(C)C. The first-order chi connectivity index (χ1) is 5.37. The maximum absolute atomic E-state index is 11.8. The highest BCUT2D eigenvalue weighted by molar-refractivity contribution is 6.09. The fraction of sp³-hybridized carbons (Fsp3) is 0.545. The second kappa shape index (κ2) is 1.73. The molecule has 1 nitrogen and oxygen atoms in total. The highest BCUT2D eigenvalue weighted by atomic mass is 16.1. The zero-order valence-electron chi connectivity index (χ0n) is 8.06. The molecule has 0 saturated heterocycles. The van der Waals surface area contributed by atoms with Gasteiger partial charge in [0.05, 0.1) is 0 Å². The Morgan fingerprint density at radius 3 is 2.25 bits per heavy atom. The van der Waals surface area contributed by atoms with E-state index in [1.165, 1.54) is 5.57 Å². The molecule has 0 fully saturated rings. The van der Waals surface area contributed by atoms with Crippen LogP contribution in [0.2, 0.25) is 0 Å². The molecule has 64 valence electrons. The molecule has 2 rings (SSSR count). The number of Topliss-reactive ketones (excluding diaryl/α,β-unsaturated/α-hetero) is 1. The molecule has 0 aromatic rings. The van der Waals surface area contributed by atoms with Crippen molar-refractivity contribution in [2.75, 3.05) is 0 Å². The van der Waals surface area contributed by atoms with Crippen LogP contribution in [0.25, 0.3) is 0 Å². The number of rotatable bonds is 0. The van der Waals surface area contributed by atoms with E-state index in [1.807, 2.05) is 19.9 Å². The molecule has 0 spiro atoms. The number of hydrogen-bond donors (Lipinski definition) is 0. The number of carbonyl (C=O) groups is 1. The summed E-state index contributed by atoms with van der Waals surface area (Å²) in [6.45, 7) is 8.18. The Morgan fingerprint density at radius 1 is 1.17 bits per heavy atom. The molecular weight excluding hydrogens is 148 g/mol. The molecule has 0 aromatic carbocycles. The van der Waals surface area contributed by atoms with Gasteiger partial charge in [-0.2, -0.15) is 0 Å². The Labute approximate surface area is 73.2 Å². The van der Waals surface area contributed by atoms with Crippen LogP contribution in [0.4, 0.5) is 0 Å². The van der Waals surface area contributed by atoms with E-state index >= 15 is 0 Å². The molecule has 0 unspecified atom stereocenters. The van der Waals surface area contributed by atoms with Crippen LogP contribution in [0.5, 0.6) is 0 Å². The van der Waals surface area contributed by atoms with Crippen LogP contribution in [-0.2, 0) is 4.79 Å². The second-order valence-electron chi connectivity index (χ2n) is 4.80. The fourth-order valence-electron chi connectivity index (χ4n) is 1.89. The number of carbonyl (C=O) groups excluding carboxylic acids is 1. The second-order valence-corrected chi connectivity index (χ2v) is 4.80. The van der Waals surface area contributed by atoms with Gasteiger partial charge >= 0.3 is 0 Å². The van der Waals surface area contributed by atoms with Gasteiger partial charge in [-0.15, -0.1) is 0 Å². The molecule has 0 bridgehead atoms. The van der Waals surface area contributed by atoms with Crippen molar-refractivity contribution in [3.8, 4) is 0 Å². The highest BCUT2D eigenvalue weighted by Gasteiger charge is 2.52. The van der Waals surface area contributed by atoms with Gasteiger partial charge in [0.25, 0.3) is 0 Å². The summed E-state index contributed by atoms with van der Waals surface area (Å²) in [6.07, 6.45) is 4.12. The van der Waals surface area contributed by atoms with Crippen LogP contribution in [-0.4, -0.2) is 5.78 Å². The van der Waals surface area contributed by atoms with E-state index in [2.05, 4.69) is 19.9 Å². The molecule has 0 aromatic heterocycles. The predicted molar refractivity (Wildman–Crippen MR) is 48.7 cm³/mol. The van der Waals surface area contributed by atoms with Gasteiger partial charge in [-0.05, 0) is 19.4 Å². The Kier molecular flexibility index (Phi) is 1.12. The van der Waals surface area contributed by atoms with Crippen LogP contribution < -0.4 is 0 Å². The molecule has 0 aliphatic heterocycles. The van der Waals surface area contributed by atoms with Gasteiger partial charge in [0, 0.05) is 16.4 Å². The minimum Gasteiger partial charge on any atom is -0.294 e. The summed E-state index contributed by atoms with van der Waals surface area (Å²) in [5.41, 5.74) is 2.09. The minimum atomic E-state index is -0.271. The molecule has 0 N–H and O–H groups in total. The number of hydrogen-bond acceptors (Lipinski definition) is 1. The van der Waals surface area contributed by atoms with Gasteiger partial charge in [-0.1, -0.05) is 26.0 Å². The lowest BCUT2D eigenvalue weighted by molar-refractivity contribution is -0.121. The van der Waals surface area contributed by atoms with E-state index in [-0.39, 0.29) is 10.8 Å². The van der Waals surface area contributed by atoms with E-state index in [1.54, 1.807) is 0 Å². The summed E-state index contributed by atoms with van der Waals surface area (Å²) in [4.78, 5) is 11.8. The Hall–Kier alpha value is -0.850. The third-order valence-corrected chi connectivity index (χ3v) is 2.98. The molecule has 0 amide bonds. The third-order valence-electron chi connectivity index (χ3n) is 2.98. The lowest BCUT2D eigenvalue weighted by Gasteiger charge is -2.18. The van der Waals surface area contributed by atoms with Crippen molar-refractivity contribution in [2.45, 2.75) is 27.7 Å². The zero-order chi connectivity index (χ0) is 9.15. The number of allylic oxidation sites excluding steroid dienone is 4. The quantitative estimate of drug-likeness (QED) is 0.535. The fourth-order valence-corrected chi connectivity index (χ4v) is 1.89. The molecule has 12 heavy (non-hydrogen) atoms. The van der Waals surface area contributed by atoms with Crippen molar-refractivity contribution in [1.29, 1.82) is 0 Å². The molecule has 0 heterocycles. The van der Waals surface area contributed by atoms with Crippen LogP contribution in [0.1, 0.15) is 27.7 Å². The summed E-state index contributed by atoms with van der Waals surface area (Å²) in [5.74, 6) is 0.310. The van der Waals surface area contributed by atoms with Gasteiger partial charge in [-0.25, -0.2) is 0 Å². The van der Waals surface area contributed by atoms with Crippen molar-refractivity contribution in [1.82, 2.24) is 0 Å². The topological polar surface area (TPSA) is 17.1 Å². The molecular formula is C11H14O. The molecule has 1 heteroatoms. The van der Waals surface area contributed by atoms with E-state index in [0.29, 0.717) is 5.78 Å². The standard InChI is InChI=1S/C11H14O/c1-10(2)6-5-7-8(9(10)12)11(7,3)4/h5-6H,1-4H3. The Morgan fingerprint density at radius 2 is 1.75 bits per heavy atom. The first-order valence-electron chi connectivity index (χ1n) is 4.36. The van der Waals surface area contributed by atoms with Gasteiger partial charge in [-0.3, -0.25) is 4.79 Å². The van der Waals surface area contributed by atoms with Gasteiger partial charge < -0.3 is 0 Å². The first-order valence-corrected chi connectivity index (χ1v) is 4.36. The van der Waals surface area contributed by atoms with E-state index < -0.39 is 0 Å². The number of ketones is 1. The minimum absolute atomic E-state index is 0.0708. The summed E-state index contributed by atoms with van der Waals surface area (Å²) in [5, 5.41) is 0. The van der Waals surface area contributed by atoms with Crippen molar-refractivity contribution in [2.24, 2.45) is 10.8 Å². The van der Waals surface area contributed by atoms with Crippen molar-refractivity contribution in [3.63, 3.8) is 0 Å². The van der Waals surface area contributed by atoms with Gasteiger partial charge in [0.15, 0.2) is 5.78 Å². The predicted octanol–water partition coefficient (Wildman–Crippen LogP) is 2.49. The van der Waals surface area contributed by atoms with E-state index in [4.69, 9.17) is 0 Å². The molecule has 0 atom stereocenters. The normalized spacial score (nSPS) is 28.8. The van der Waals surface area contributed by atoms with Crippen LogP contribution in [0, 0.1) is 10.8 Å². The Balaban J connectivity index is 2.42. The zero-order valence-corrected chi connectivity index (χ0v) is 8.06. The molecule has 0 radical (unpaired) electrons. The largest absolute Gasteiger partial charge is 0.294 e. The van der Waals surface area contributed by atoms with Gasteiger partial charge in [0.1, 0.15) is 0 Å². The van der Waals surface area contributed by atoms with Crippen LogP contribution in [0.15, 0.2) is 23.3 Å². The maximum Gasteiger partial charge on any atom is 0.169 e. The van der Waals surface area contributed by atoms with Crippen LogP contribution in [0.3, 0.4) is 0 Å². The highest BCUT2D eigenvalue weighted by Crippen LogP contribution is 2.57. The van der Waals surface area contributed by atoms with E-state index in [0.717, 1.165) is 5.57 Å². The van der Waals surface area contributed by atoms with Crippen molar-refractivity contribution < 1.29 is 4.79 Å². The lowest BCUT2D eigenvalue weighted by Crippen LogP contribution is -2.22. The van der Waals surface area contributed by atoms with Gasteiger partial charge in [0.2, 0.25) is 0 Å². The van der Waals surface area contributed by atoms with Crippen molar-refractivity contribution in [3.05, 3.63) is 23.3 Å². The summed E-state index contributed by atoms with van der Waals surface area (Å²) in [7, 11) is 0. The average Bonchev–Trinajstić information content (AvgIpc) is 2.46. The van der Waals surface area contributed by atoms with Crippen LogP contribution >= 0.6 is 0 Å². The summed E-state index contributed by atoms with van der Waals surface area (Å²) >= 11 is 0. The summed E-state index contributed by atoms with van der Waals surface area (Å²) < 4.78 is 0. The maximum atomic E-state index is 11.8.